The van der Waals surface area contributed by atoms with E-state index in [9.17, 15) is 18.0 Å². The first-order valence-electron chi connectivity index (χ1n) is 11.5. The standard InChI is InChI=1S/C28H21BrClN3O6S/c1-38-26-15-18(9-14-25(26)39-28(35)19-5-4-6-20(29)16-19)17-31-32-27(34)23-7-2-3-8-24(23)33-40(36,37)22-12-10-21(30)11-13-22/h2-17,33H,1H3,(H,32,34)/b31-17+. The number of nitrogens with zero attached hydrogens (tertiary/aromatic N) is 1. The van der Waals surface area contributed by atoms with E-state index in [-0.39, 0.29) is 27.6 Å². The number of esters is 1. The number of carbonyl (C=O) groups is 2. The molecule has 9 nitrogen and oxygen atoms in total. The third-order valence-electron chi connectivity index (χ3n) is 5.37. The predicted molar refractivity (Wildman–Crippen MR) is 156 cm³/mol. The van der Waals surface area contributed by atoms with Gasteiger partial charge in [0.2, 0.25) is 0 Å². The van der Waals surface area contributed by atoms with Gasteiger partial charge in [0, 0.05) is 9.50 Å². The average molecular weight is 643 g/mol. The smallest absolute Gasteiger partial charge is 0.343 e. The molecule has 204 valence electrons. The number of hydrogen-bond donors (Lipinski definition) is 2. The fraction of sp³-hybridized carbons (Fsp3) is 0.0357. The molecule has 0 aliphatic carbocycles. The minimum Gasteiger partial charge on any atom is -0.493 e. The molecule has 2 N–H and O–H groups in total. The Balaban J connectivity index is 1.44. The van der Waals surface area contributed by atoms with E-state index in [1.807, 2.05) is 0 Å². The second kappa shape index (κ2) is 12.8. The summed E-state index contributed by atoms with van der Waals surface area (Å²) in [5.41, 5.74) is 3.41. The minimum absolute atomic E-state index is 0.00940. The number of ether oxygens (including phenoxy) is 2. The van der Waals surface area contributed by atoms with Crippen LogP contribution in [-0.4, -0.2) is 33.6 Å². The van der Waals surface area contributed by atoms with Crippen LogP contribution < -0.4 is 19.6 Å². The molecule has 0 aromatic heterocycles. The number of nitrogens with one attached hydrogen (secondary N) is 2. The first kappa shape index (κ1) is 28.8. The van der Waals surface area contributed by atoms with Crippen LogP contribution >= 0.6 is 27.5 Å². The van der Waals surface area contributed by atoms with Crippen molar-refractivity contribution in [2.75, 3.05) is 11.8 Å². The molecule has 12 heteroatoms. The quantitative estimate of drug-likeness (QED) is 0.102. The number of amides is 1. The minimum atomic E-state index is -3.97. The predicted octanol–water partition coefficient (Wildman–Crippen LogP) is 5.90. The summed E-state index contributed by atoms with van der Waals surface area (Å²) in [4.78, 5) is 25.3. The number of anilines is 1. The number of carbonyl (C=O) groups excluding carboxylic acids is 2. The average Bonchev–Trinajstić information content (AvgIpc) is 2.94. The number of benzene rings is 4. The zero-order chi connectivity index (χ0) is 28.7. The summed E-state index contributed by atoms with van der Waals surface area (Å²) in [6.07, 6.45) is 1.36. The molecule has 40 heavy (non-hydrogen) atoms. The Kier molecular flexibility index (Phi) is 9.20. The van der Waals surface area contributed by atoms with Gasteiger partial charge in [-0.25, -0.2) is 18.6 Å². The Hall–Kier alpha value is -4.19. The van der Waals surface area contributed by atoms with Gasteiger partial charge in [-0.05, 0) is 78.4 Å². The van der Waals surface area contributed by atoms with Crippen molar-refractivity contribution in [3.63, 3.8) is 0 Å². The van der Waals surface area contributed by atoms with E-state index in [0.29, 0.717) is 16.1 Å². The van der Waals surface area contributed by atoms with E-state index in [1.54, 1.807) is 54.6 Å². The highest BCUT2D eigenvalue weighted by molar-refractivity contribution is 9.10. The van der Waals surface area contributed by atoms with Crippen molar-refractivity contribution < 1.29 is 27.5 Å². The zero-order valence-electron chi connectivity index (χ0n) is 20.8. The second-order valence-electron chi connectivity index (χ2n) is 8.11. The van der Waals surface area contributed by atoms with Crippen LogP contribution in [0.3, 0.4) is 0 Å². The molecule has 0 bridgehead atoms. The Labute approximate surface area is 244 Å². The van der Waals surface area contributed by atoms with Gasteiger partial charge in [-0.2, -0.15) is 5.10 Å². The van der Waals surface area contributed by atoms with Crippen molar-refractivity contribution in [1.29, 1.82) is 0 Å². The summed E-state index contributed by atoms with van der Waals surface area (Å²) >= 11 is 9.16. The third kappa shape index (κ3) is 7.26. The van der Waals surface area contributed by atoms with Crippen molar-refractivity contribution in [2.45, 2.75) is 4.90 Å². The molecule has 1 amide bonds. The molecule has 0 spiro atoms. The highest BCUT2D eigenvalue weighted by Crippen LogP contribution is 2.29. The molecule has 0 aliphatic rings. The normalized spacial score (nSPS) is 11.2. The summed E-state index contributed by atoms with van der Waals surface area (Å²) in [6, 6.07) is 23.3. The van der Waals surface area contributed by atoms with Gasteiger partial charge in [0.1, 0.15) is 0 Å². The number of methoxy groups -OCH3 is 1. The van der Waals surface area contributed by atoms with Gasteiger partial charge in [-0.1, -0.05) is 45.7 Å². The maximum absolute atomic E-state index is 12.8. The molecule has 0 saturated carbocycles. The lowest BCUT2D eigenvalue weighted by atomic mass is 10.2. The number of halogens is 2. The Morgan fingerprint density at radius 3 is 2.40 bits per heavy atom. The molecule has 4 rings (SSSR count). The van der Waals surface area contributed by atoms with Crippen LogP contribution in [0.2, 0.25) is 5.02 Å². The van der Waals surface area contributed by atoms with Gasteiger partial charge in [0.15, 0.2) is 11.5 Å². The largest absolute Gasteiger partial charge is 0.493 e. The number of para-hydroxylation sites is 1. The van der Waals surface area contributed by atoms with Gasteiger partial charge in [-0.15, -0.1) is 0 Å². The summed E-state index contributed by atoms with van der Waals surface area (Å²) in [5.74, 6) is -0.716. The zero-order valence-corrected chi connectivity index (χ0v) is 24.0. The number of hydrogen-bond acceptors (Lipinski definition) is 7. The third-order valence-corrected chi connectivity index (χ3v) is 7.50. The van der Waals surface area contributed by atoms with Crippen molar-refractivity contribution in [2.24, 2.45) is 5.10 Å². The molecule has 0 aliphatic heterocycles. The highest BCUT2D eigenvalue weighted by Gasteiger charge is 2.19. The lowest BCUT2D eigenvalue weighted by Gasteiger charge is -2.12. The topological polar surface area (TPSA) is 123 Å². The van der Waals surface area contributed by atoms with Crippen LogP contribution in [0, 0.1) is 0 Å². The van der Waals surface area contributed by atoms with Crippen LogP contribution in [-0.2, 0) is 10.0 Å². The molecule has 4 aromatic carbocycles. The first-order valence-corrected chi connectivity index (χ1v) is 14.2. The van der Waals surface area contributed by atoms with Gasteiger partial charge in [0.25, 0.3) is 15.9 Å². The van der Waals surface area contributed by atoms with Crippen molar-refractivity contribution in [1.82, 2.24) is 5.43 Å². The Bertz CT molecular complexity index is 1690. The number of rotatable bonds is 9. The molecular weight excluding hydrogens is 622 g/mol. The van der Waals surface area contributed by atoms with E-state index in [1.165, 1.54) is 49.7 Å². The van der Waals surface area contributed by atoms with Gasteiger partial charge in [0.05, 0.1) is 35.0 Å². The lowest BCUT2D eigenvalue weighted by Crippen LogP contribution is -2.21. The molecule has 4 aromatic rings. The summed E-state index contributed by atoms with van der Waals surface area (Å²) in [7, 11) is -2.54. The van der Waals surface area contributed by atoms with Gasteiger partial charge >= 0.3 is 5.97 Å². The SMILES string of the molecule is COc1cc(/C=N/NC(=O)c2ccccc2NS(=O)(=O)c2ccc(Cl)cc2)ccc1OC(=O)c1cccc(Br)c1. The van der Waals surface area contributed by atoms with Crippen molar-refractivity contribution in [3.8, 4) is 11.5 Å². The van der Waals surface area contributed by atoms with E-state index in [4.69, 9.17) is 21.1 Å². The van der Waals surface area contributed by atoms with Crippen molar-refractivity contribution >= 4 is 61.3 Å². The summed E-state index contributed by atoms with van der Waals surface area (Å²) < 4.78 is 39.5. The van der Waals surface area contributed by atoms with Crippen LogP contribution in [0.15, 0.2) is 105 Å². The van der Waals surface area contributed by atoms with E-state index in [0.717, 1.165) is 4.47 Å². The van der Waals surface area contributed by atoms with Crippen molar-refractivity contribution in [3.05, 3.63) is 117 Å². The van der Waals surface area contributed by atoms with E-state index >= 15 is 0 Å². The fourth-order valence-corrected chi connectivity index (χ4v) is 5.04. The van der Waals surface area contributed by atoms with Crippen LogP contribution in [0.4, 0.5) is 5.69 Å². The highest BCUT2D eigenvalue weighted by atomic mass is 79.9. The summed E-state index contributed by atoms with van der Waals surface area (Å²) in [6.45, 7) is 0. The van der Waals surface area contributed by atoms with Gasteiger partial charge < -0.3 is 9.47 Å². The summed E-state index contributed by atoms with van der Waals surface area (Å²) in [5, 5.41) is 4.36. The van der Waals surface area contributed by atoms with Crippen LogP contribution in [0.5, 0.6) is 11.5 Å². The molecule has 0 radical (unpaired) electrons. The molecule has 0 atom stereocenters. The van der Waals surface area contributed by atoms with Gasteiger partial charge in [-0.3, -0.25) is 9.52 Å². The Morgan fingerprint density at radius 1 is 0.925 bits per heavy atom. The molecule has 0 saturated heterocycles. The fourth-order valence-electron chi connectivity index (χ4n) is 3.44. The maximum Gasteiger partial charge on any atom is 0.343 e. The molecular formula is C28H21BrClN3O6S. The maximum atomic E-state index is 12.8. The Morgan fingerprint density at radius 2 is 1.68 bits per heavy atom. The lowest BCUT2D eigenvalue weighted by molar-refractivity contribution is 0.0729. The first-order chi connectivity index (χ1) is 19.2. The number of sulfonamides is 1. The van der Waals surface area contributed by atoms with E-state index < -0.39 is 21.9 Å². The number of hydrazone groups is 1. The van der Waals surface area contributed by atoms with E-state index in [2.05, 4.69) is 31.2 Å². The van der Waals surface area contributed by atoms with Crippen LogP contribution in [0.1, 0.15) is 26.3 Å². The molecule has 0 heterocycles. The molecule has 0 fully saturated rings. The molecule has 0 unspecified atom stereocenters. The monoisotopic (exact) mass is 641 g/mol. The van der Waals surface area contributed by atoms with Crippen LogP contribution in [0.25, 0.3) is 0 Å². The second-order valence-corrected chi connectivity index (χ2v) is 11.1.